The Morgan fingerprint density at radius 3 is 2.47 bits per heavy atom. The molecule has 2 heterocycles. The fourth-order valence-corrected chi connectivity index (χ4v) is 4.36. The summed E-state index contributed by atoms with van der Waals surface area (Å²) in [4.78, 5) is 27.2. The number of aliphatic hydroxyl groups is 1. The molecule has 2 unspecified atom stereocenters. The van der Waals surface area contributed by atoms with Gasteiger partial charge in [0.25, 0.3) is 0 Å². The van der Waals surface area contributed by atoms with Crippen LogP contribution in [0.4, 0.5) is 0 Å². The predicted octanol–water partition coefficient (Wildman–Crippen LogP) is 2.55. The first-order valence-electron chi connectivity index (χ1n) is 9.61. The number of rotatable bonds is 4. The molecule has 1 aliphatic rings. The van der Waals surface area contributed by atoms with E-state index in [1.165, 1.54) is 16.6 Å². The normalized spacial score (nSPS) is 20.3. The van der Waals surface area contributed by atoms with E-state index in [2.05, 4.69) is 15.6 Å². The average Bonchev–Trinajstić information content (AvgIpc) is 3.27. The summed E-state index contributed by atoms with van der Waals surface area (Å²) in [5.41, 5.74) is 0.427. The van der Waals surface area contributed by atoms with Crippen LogP contribution in [-0.4, -0.2) is 62.6 Å². The number of carbonyl (C=O) groups excluding carboxylic acids is 2. The molecule has 162 valence electrons. The maximum Gasteiger partial charge on any atom is 0.248 e. The number of benzene rings is 1. The highest BCUT2D eigenvalue weighted by molar-refractivity contribution is 6.39. The van der Waals surface area contributed by atoms with Gasteiger partial charge in [0.1, 0.15) is 17.8 Å². The van der Waals surface area contributed by atoms with Crippen molar-refractivity contribution in [2.75, 3.05) is 13.6 Å². The first-order valence-corrected chi connectivity index (χ1v) is 10.4. The Labute approximate surface area is 185 Å². The van der Waals surface area contributed by atoms with Crippen molar-refractivity contribution in [2.45, 2.75) is 45.4 Å². The maximum absolute atomic E-state index is 13.5. The van der Waals surface area contributed by atoms with Crippen molar-refractivity contribution in [1.82, 2.24) is 25.2 Å². The topological polar surface area (TPSA) is 100 Å². The second-order valence-corrected chi connectivity index (χ2v) is 9.27. The number of amides is 2. The smallest absolute Gasteiger partial charge is 0.248 e. The molecule has 3 rings (SSSR count). The van der Waals surface area contributed by atoms with Gasteiger partial charge in [-0.3, -0.25) is 9.59 Å². The number of likely N-dealkylation sites (N-methyl/N-ethyl adjacent to an activating group) is 1. The molecule has 0 spiro atoms. The zero-order chi connectivity index (χ0) is 22.2. The van der Waals surface area contributed by atoms with E-state index in [4.69, 9.17) is 23.2 Å². The van der Waals surface area contributed by atoms with Crippen LogP contribution in [-0.2, 0) is 9.59 Å². The van der Waals surface area contributed by atoms with Crippen molar-refractivity contribution >= 4 is 35.0 Å². The van der Waals surface area contributed by atoms with Crippen LogP contribution < -0.4 is 5.32 Å². The molecule has 0 aliphatic carbocycles. The van der Waals surface area contributed by atoms with E-state index in [0.717, 1.165) is 0 Å². The third-order valence-corrected chi connectivity index (χ3v) is 5.79. The van der Waals surface area contributed by atoms with E-state index >= 15 is 0 Å². The SMILES string of the molecule is CNC(=O)C1CC(O)CN1C(=O)[C@@H](n1cc(-c2c(Cl)cccc2Cl)nn1)C(C)(C)C. The Morgan fingerprint density at radius 2 is 1.90 bits per heavy atom. The molecular formula is C20H25Cl2N5O3. The molecule has 2 aromatic rings. The Kier molecular flexibility index (Phi) is 6.40. The van der Waals surface area contributed by atoms with Crippen LogP contribution in [0.5, 0.6) is 0 Å². The molecule has 0 saturated carbocycles. The van der Waals surface area contributed by atoms with Gasteiger partial charge in [0.15, 0.2) is 0 Å². The number of aliphatic hydroxyl groups excluding tert-OH is 1. The van der Waals surface area contributed by atoms with E-state index in [-0.39, 0.29) is 24.8 Å². The van der Waals surface area contributed by atoms with E-state index in [0.29, 0.717) is 21.3 Å². The number of nitrogens with one attached hydrogen (secondary N) is 1. The van der Waals surface area contributed by atoms with Gasteiger partial charge >= 0.3 is 0 Å². The number of β-amino-alcohol motifs (C(OH)–C–C–N with tert-alkyl or cyclic N) is 1. The average molecular weight is 454 g/mol. The highest BCUT2D eigenvalue weighted by Gasteiger charge is 2.45. The predicted molar refractivity (Wildman–Crippen MR) is 114 cm³/mol. The third-order valence-electron chi connectivity index (χ3n) is 5.16. The lowest BCUT2D eigenvalue weighted by Gasteiger charge is -2.34. The summed E-state index contributed by atoms with van der Waals surface area (Å²) in [6.07, 6.45) is 1.06. The fourth-order valence-electron chi connectivity index (χ4n) is 3.77. The molecule has 0 bridgehead atoms. The molecule has 0 radical (unpaired) electrons. The van der Waals surface area contributed by atoms with Crippen molar-refractivity contribution < 1.29 is 14.7 Å². The van der Waals surface area contributed by atoms with Crippen LogP contribution in [0, 0.1) is 5.41 Å². The molecule has 2 N–H and O–H groups in total. The van der Waals surface area contributed by atoms with E-state index in [1.54, 1.807) is 24.4 Å². The number of hydrogen-bond donors (Lipinski definition) is 2. The molecule has 3 atom stereocenters. The number of halogens is 2. The van der Waals surface area contributed by atoms with Crippen LogP contribution in [0.3, 0.4) is 0 Å². The summed E-state index contributed by atoms with van der Waals surface area (Å²) in [6, 6.07) is 3.65. The summed E-state index contributed by atoms with van der Waals surface area (Å²) < 4.78 is 1.48. The van der Waals surface area contributed by atoms with Gasteiger partial charge in [-0.2, -0.15) is 0 Å². The summed E-state index contributed by atoms with van der Waals surface area (Å²) in [6.45, 7) is 5.80. The minimum Gasteiger partial charge on any atom is -0.391 e. The Balaban J connectivity index is 1.99. The van der Waals surface area contributed by atoms with Gasteiger partial charge in [-0.15, -0.1) is 5.10 Å². The van der Waals surface area contributed by atoms with Crippen LogP contribution in [0.2, 0.25) is 10.0 Å². The number of carbonyl (C=O) groups is 2. The second kappa shape index (κ2) is 8.53. The molecule has 8 nitrogen and oxygen atoms in total. The monoisotopic (exact) mass is 453 g/mol. The lowest BCUT2D eigenvalue weighted by atomic mass is 9.85. The van der Waals surface area contributed by atoms with Crippen molar-refractivity contribution in [2.24, 2.45) is 5.41 Å². The Hall–Kier alpha value is -2.16. The first-order chi connectivity index (χ1) is 14.0. The fraction of sp³-hybridized carbons (Fsp3) is 0.500. The Bertz CT molecular complexity index is 936. The van der Waals surface area contributed by atoms with E-state index in [9.17, 15) is 14.7 Å². The van der Waals surface area contributed by atoms with Crippen molar-refractivity contribution in [1.29, 1.82) is 0 Å². The van der Waals surface area contributed by atoms with Gasteiger partial charge in [-0.05, 0) is 17.5 Å². The molecular weight excluding hydrogens is 429 g/mol. The summed E-state index contributed by atoms with van der Waals surface area (Å²) in [5.74, 6) is -0.621. The first kappa shape index (κ1) is 22.5. The summed E-state index contributed by atoms with van der Waals surface area (Å²) >= 11 is 12.6. The maximum atomic E-state index is 13.5. The number of hydrogen-bond acceptors (Lipinski definition) is 5. The molecule has 1 fully saturated rings. The van der Waals surface area contributed by atoms with E-state index in [1.807, 2.05) is 20.8 Å². The van der Waals surface area contributed by atoms with Crippen molar-refractivity contribution in [3.05, 3.63) is 34.4 Å². The molecule has 1 aromatic heterocycles. The molecule has 1 aliphatic heterocycles. The van der Waals surface area contributed by atoms with E-state index < -0.39 is 23.6 Å². The quantitative estimate of drug-likeness (QED) is 0.740. The van der Waals surface area contributed by atoms with Crippen LogP contribution in [0.15, 0.2) is 24.4 Å². The lowest BCUT2D eigenvalue weighted by molar-refractivity contribution is -0.144. The minimum absolute atomic E-state index is 0.0847. The van der Waals surface area contributed by atoms with Crippen molar-refractivity contribution in [3.8, 4) is 11.3 Å². The number of nitrogens with zero attached hydrogens (tertiary/aromatic N) is 4. The van der Waals surface area contributed by atoms with Gasteiger partial charge in [-0.25, -0.2) is 4.68 Å². The molecule has 10 heteroatoms. The number of likely N-dealkylation sites (tertiary alicyclic amines) is 1. The van der Waals surface area contributed by atoms with Crippen LogP contribution in [0.25, 0.3) is 11.3 Å². The second-order valence-electron chi connectivity index (χ2n) is 8.46. The summed E-state index contributed by atoms with van der Waals surface area (Å²) in [7, 11) is 1.51. The third kappa shape index (κ3) is 4.31. The summed E-state index contributed by atoms with van der Waals surface area (Å²) in [5, 5.41) is 21.9. The standard InChI is InChI=1S/C20H25Cl2N5O3/c1-20(2,3)17(19(30)26-9-11(28)8-15(26)18(29)23-4)27-10-14(24-25-27)16-12(21)6-5-7-13(16)22/h5-7,10-11,15,17,28H,8-9H2,1-4H3,(H,23,29)/t11?,15?,17-/m1/s1. The zero-order valence-electron chi connectivity index (χ0n) is 17.3. The molecule has 1 aromatic carbocycles. The highest BCUT2D eigenvalue weighted by Crippen LogP contribution is 2.37. The molecule has 1 saturated heterocycles. The molecule has 2 amide bonds. The van der Waals surface area contributed by atoms with Crippen LogP contribution >= 0.6 is 23.2 Å². The highest BCUT2D eigenvalue weighted by atomic mass is 35.5. The van der Waals surface area contributed by atoms with Gasteiger partial charge in [0, 0.05) is 25.6 Å². The Morgan fingerprint density at radius 1 is 1.27 bits per heavy atom. The van der Waals surface area contributed by atoms with Gasteiger partial charge in [0.2, 0.25) is 11.8 Å². The zero-order valence-corrected chi connectivity index (χ0v) is 18.8. The largest absolute Gasteiger partial charge is 0.391 e. The lowest BCUT2D eigenvalue weighted by Crippen LogP contribution is -2.49. The van der Waals surface area contributed by atoms with Gasteiger partial charge < -0.3 is 15.3 Å². The number of aromatic nitrogens is 3. The van der Waals surface area contributed by atoms with Crippen LogP contribution in [0.1, 0.15) is 33.2 Å². The van der Waals surface area contributed by atoms with Gasteiger partial charge in [0.05, 0.1) is 22.3 Å². The van der Waals surface area contributed by atoms with Gasteiger partial charge in [-0.1, -0.05) is 55.3 Å². The van der Waals surface area contributed by atoms with Crippen molar-refractivity contribution in [3.63, 3.8) is 0 Å². The molecule has 30 heavy (non-hydrogen) atoms. The minimum atomic E-state index is -0.759.